The largest absolute Gasteiger partial charge is 0.441 e. The summed E-state index contributed by atoms with van der Waals surface area (Å²) >= 11 is 0.0171. The minimum atomic E-state index is -4.13. The molecule has 1 unspecified atom stereocenters. The molecule has 1 aliphatic carbocycles. The number of hydrogen-bond acceptors (Lipinski definition) is 2. The second-order valence-corrected chi connectivity index (χ2v) is 4.74. The minimum absolute atomic E-state index is 0.0171. The number of ketones is 1. The van der Waals surface area contributed by atoms with Crippen LogP contribution in [-0.2, 0) is 4.79 Å². The van der Waals surface area contributed by atoms with Crippen LogP contribution in [0.1, 0.15) is 32.1 Å². The first-order valence-corrected chi connectivity index (χ1v) is 5.68. The number of carbonyl (C=O) groups is 1. The normalized spacial score (nSPS) is 23.9. The molecule has 1 aliphatic rings. The van der Waals surface area contributed by atoms with Crippen molar-refractivity contribution in [1.82, 2.24) is 0 Å². The van der Waals surface area contributed by atoms with E-state index >= 15 is 0 Å². The fraction of sp³-hybridized carbons (Fsp3) is 0.889. The zero-order valence-electron chi connectivity index (χ0n) is 7.77. The third-order valence-electron chi connectivity index (χ3n) is 2.38. The first-order valence-electron chi connectivity index (χ1n) is 4.70. The fourth-order valence-electron chi connectivity index (χ4n) is 1.70. The average Bonchev–Trinajstić information content (AvgIpc) is 2.01. The van der Waals surface area contributed by atoms with Crippen molar-refractivity contribution in [2.24, 2.45) is 5.92 Å². The topological polar surface area (TPSA) is 17.1 Å². The summed E-state index contributed by atoms with van der Waals surface area (Å²) < 4.78 is 35.3. The Hall–Kier alpha value is -0.190. The Morgan fingerprint density at radius 2 is 2.14 bits per heavy atom. The summed E-state index contributed by atoms with van der Waals surface area (Å²) in [6, 6.07) is 0. The van der Waals surface area contributed by atoms with Gasteiger partial charge >= 0.3 is 5.51 Å². The predicted molar refractivity (Wildman–Crippen MR) is 50.1 cm³/mol. The molecule has 0 aromatic rings. The van der Waals surface area contributed by atoms with Gasteiger partial charge in [0.25, 0.3) is 0 Å². The molecule has 0 spiro atoms. The lowest BCUT2D eigenvalue weighted by Crippen LogP contribution is -2.16. The van der Waals surface area contributed by atoms with Gasteiger partial charge in [-0.15, -0.1) is 0 Å². The van der Waals surface area contributed by atoms with E-state index in [0.717, 1.165) is 12.8 Å². The molecular weight excluding hydrogens is 213 g/mol. The minimum Gasteiger partial charge on any atom is -0.300 e. The Kier molecular flexibility index (Phi) is 4.29. The molecule has 0 heterocycles. The van der Waals surface area contributed by atoms with Gasteiger partial charge in [-0.2, -0.15) is 13.2 Å². The number of thioether (sulfide) groups is 1. The van der Waals surface area contributed by atoms with E-state index in [0.29, 0.717) is 19.3 Å². The van der Waals surface area contributed by atoms with Crippen LogP contribution >= 0.6 is 11.8 Å². The van der Waals surface area contributed by atoms with Gasteiger partial charge in [-0.1, -0.05) is 11.8 Å². The number of halogens is 3. The molecule has 1 fully saturated rings. The van der Waals surface area contributed by atoms with Crippen LogP contribution in [0, 0.1) is 5.92 Å². The van der Waals surface area contributed by atoms with Crippen molar-refractivity contribution >= 4 is 17.5 Å². The monoisotopic (exact) mass is 226 g/mol. The molecule has 1 rings (SSSR count). The quantitative estimate of drug-likeness (QED) is 0.733. The van der Waals surface area contributed by atoms with Crippen LogP contribution in [0.3, 0.4) is 0 Å². The zero-order chi connectivity index (χ0) is 10.6. The lowest BCUT2D eigenvalue weighted by Gasteiger charge is -2.20. The fourth-order valence-corrected chi connectivity index (χ4v) is 2.38. The number of carbonyl (C=O) groups excluding carboxylic acids is 1. The van der Waals surface area contributed by atoms with Gasteiger partial charge in [-0.25, -0.2) is 0 Å². The number of hydrogen-bond donors (Lipinski definition) is 0. The van der Waals surface area contributed by atoms with E-state index in [2.05, 4.69) is 0 Å². The molecule has 0 amide bonds. The molecule has 0 aromatic heterocycles. The lowest BCUT2D eigenvalue weighted by atomic mass is 9.87. The summed E-state index contributed by atoms with van der Waals surface area (Å²) in [7, 11) is 0. The highest BCUT2D eigenvalue weighted by Crippen LogP contribution is 2.33. The lowest BCUT2D eigenvalue weighted by molar-refractivity contribution is -0.121. The Bertz CT molecular complexity index is 203. The van der Waals surface area contributed by atoms with Crippen LogP contribution in [-0.4, -0.2) is 17.0 Å². The van der Waals surface area contributed by atoms with Gasteiger partial charge in [0.1, 0.15) is 5.78 Å². The maximum atomic E-state index is 11.8. The van der Waals surface area contributed by atoms with Gasteiger partial charge in [0, 0.05) is 18.6 Å². The van der Waals surface area contributed by atoms with E-state index in [1.165, 1.54) is 0 Å². The number of alkyl halides is 3. The van der Waals surface area contributed by atoms with Crippen LogP contribution < -0.4 is 0 Å². The van der Waals surface area contributed by atoms with Crippen LogP contribution in [0.4, 0.5) is 13.2 Å². The van der Waals surface area contributed by atoms with E-state index in [9.17, 15) is 18.0 Å². The highest BCUT2D eigenvalue weighted by Gasteiger charge is 2.28. The third-order valence-corrected chi connectivity index (χ3v) is 3.14. The van der Waals surface area contributed by atoms with Crippen molar-refractivity contribution in [3.05, 3.63) is 0 Å². The van der Waals surface area contributed by atoms with E-state index in [-0.39, 0.29) is 29.2 Å². The summed E-state index contributed by atoms with van der Waals surface area (Å²) in [5.74, 6) is 0.478. The molecule has 5 heteroatoms. The van der Waals surface area contributed by atoms with Gasteiger partial charge in [-0.3, -0.25) is 4.79 Å². The molecule has 14 heavy (non-hydrogen) atoms. The van der Waals surface area contributed by atoms with Gasteiger partial charge < -0.3 is 0 Å². The van der Waals surface area contributed by atoms with Gasteiger partial charge in [0.05, 0.1) is 0 Å². The number of rotatable bonds is 3. The van der Waals surface area contributed by atoms with E-state index < -0.39 is 5.51 Å². The summed E-state index contributed by atoms with van der Waals surface area (Å²) in [5, 5.41) is 0. The first kappa shape index (κ1) is 11.9. The van der Waals surface area contributed by atoms with Crippen molar-refractivity contribution in [3.8, 4) is 0 Å². The summed E-state index contributed by atoms with van der Waals surface area (Å²) in [5.41, 5.74) is -4.13. The SMILES string of the molecule is O=C1CCCC(CCSC(F)(F)F)C1. The molecule has 0 saturated heterocycles. The smallest absolute Gasteiger partial charge is 0.300 e. The average molecular weight is 226 g/mol. The summed E-state index contributed by atoms with van der Waals surface area (Å²) in [6.45, 7) is 0. The van der Waals surface area contributed by atoms with Crippen LogP contribution in [0.15, 0.2) is 0 Å². The third kappa shape index (κ3) is 4.88. The Labute approximate surface area is 85.4 Å². The standard InChI is InChI=1S/C9H13F3OS/c10-9(11,12)14-5-4-7-2-1-3-8(13)6-7/h7H,1-6H2. The zero-order valence-corrected chi connectivity index (χ0v) is 8.59. The van der Waals surface area contributed by atoms with Crippen LogP contribution in [0.5, 0.6) is 0 Å². The predicted octanol–water partition coefficient (Wildman–Crippen LogP) is 3.39. The Morgan fingerprint density at radius 1 is 1.43 bits per heavy atom. The van der Waals surface area contributed by atoms with E-state index in [4.69, 9.17) is 0 Å². The molecule has 0 aromatic carbocycles. The number of Topliss-reactive ketones (excluding diaryl/α,β-unsaturated/α-hetero) is 1. The maximum Gasteiger partial charge on any atom is 0.441 e. The molecule has 0 aliphatic heterocycles. The molecule has 82 valence electrons. The van der Waals surface area contributed by atoms with Crippen LogP contribution in [0.25, 0.3) is 0 Å². The molecule has 0 bridgehead atoms. The first-order chi connectivity index (χ1) is 6.47. The van der Waals surface area contributed by atoms with Crippen molar-refractivity contribution in [1.29, 1.82) is 0 Å². The summed E-state index contributed by atoms with van der Waals surface area (Å²) in [4.78, 5) is 11.0. The maximum absolute atomic E-state index is 11.8. The van der Waals surface area contributed by atoms with E-state index in [1.807, 2.05) is 0 Å². The molecular formula is C9H13F3OS. The molecule has 1 saturated carbocycles. The molecule has 1 atom stereocenters. The highest BCUT2D eigenvalue weighted by atomic mass is 32.2. The van der Waals surface area contributed by atoms with Crippen molar-refractivity contribution in [2.45, 2.75) is 37.6 Å². The highest BCUT2D eigenvalue weighted by molar-refractivity contribution is 8.00. The second-order valence-electron chi connectivity index (χ2n) is 3.58. The molecule has 0 N–H and O–H groups in total. The van der Waals surface area contributed by atoms with Crippen LogP contribution in [0.2, 0.25) is 0 Å². The van der Waals surface area contributed by atoms with Gasteiger partial charge in [-0.05, 0) is 25.2 Å². The second kappa shape index (κ2) is 5.05. The molecule has 1 nitrogen and oxygen atoms in total. The van der Waals surface area contributed by atoms with Gasteiger partial charge in [0.2, 0.25) is 0 Å². The molecule has 0 radical (unpaired) electrons. The Balaban J connectivity index is 2.15. The van der Waals surface area contributed by atoms with Crippen molar-refractivity contribution in [3.63, 3.8) is 0 Å². The van der Waals surface area contributed by atoms with Crippen molar-refractivity contribution < 1.29 is 18.0 Å². The van der Waals surface area contributed by atoms with Gasteiger partial charge in [0.15, 0.2) is 0 Å². The summed E-state index contributed by atoms with van der Waals surface area (Å²) in [6.07, 6.45) is 3.36. The van der Waals surface area contributed by atoms with Crippen molar-refractivity contribution in [2.75, 3.05) is 5.75 Å². The van der Waals surface area contributed by atoms with E-state index in [1.54, 1.807) is 0 Å². The Morgan fingerprint density at radius 3 is 2.71 bits per heavy atom.